The van der Waals surface area contributed by atoms with Gasteiger partial charge in [-0.1, -0.05) is 19.3 Å². The first-order valence-corrected chi connectivity index (χ1v) is 9.73. The molecule has 0 heterocycles. The minimum absolute atomic E-state index is 0.289. The predicted molar refractivity (Wildman–Crippen MR) is 86.0 cm³/mol. The molecule has 130 valence electrons. The predicted octanol–water partition coefficient (Wildman–Crippen LogP) is 3.33. The number of hydrogen-bond donors (Lipinski definition) is 0. The Morgan fingerprint density at radius 2 is 1.19 bits per heavy atom. The zero-order chi connectivity index (χ0) is 16.8. The molecular formula is C15H34FNO3S. The van der Waals surface area contributed by atoms with Gasteiger partial charge >= 0.3 is 0 Å². The van der Waals surface area contributed by atoms with Crippen molar-refractivity contribution in [2.45, 2.75) is 59.8 Å². The van der Waals surface area contributed by atoms with E-state index in [0.29, 0.717) is 19.3 Å². The zero-order valence-electron chi connectivity index (χ0n) is 14.2. The van der Waals surface area contributed by atoms with Gasteiger partial charge in [-0.25, -0.2) is 8.42 Å². The van der Waals surface area contributed by atoms with E-state index >= 15 is 0 Å². The van der Waals surface area contributed by atoms with Crippen LogP contribution in [0.1, 0.15) is 59.8 Å². The Hall–Kier alpha value is -0.200. The molecule has 0 N–H and O–H groups in total. The van der Waals surface area contributed by atoms with Gasteiger partial charge in [0.05, 0.1) is 43.0 Å². The molecule has 4 nitrogen and oxygen atoms in total. The molecule has 0 spiro atoms. The Balaban J connectivity index is 0. The molecule has 0 aromatic carbocycles. The third kappa shape index (κ3) is 14.5. The van der Waals surface area contributed by atoms with Crippen LogP contribution in [-0.4, -0.2) is 56.1 Å². The van der Waals surface area contributed by atoms with Gasteiger partial charge in [-0.2, -0.15) is 0 Å². The van der Waals surface area contributed by atoms with Crippen molar-refractivity contribution in [3.8, 4) is 0 Å². The van der Waals surface area contributed by atoms with Crippen molar-refractivity contribution in [3.63, 3.8) is 0 Å². The summed E-state index contributed by atoms with van der Waals surface area (Å²) in [5.74, 6) is -0.289. The molecule has 0 unspecified atom stereocenters. The highest BCUT2D eigenvalue weighted by Crippen LogP contribution is 2.04. The highest BCUT2D eigenvalue weighted by Gasteiger charge is 2.16. The Morgan fingerprint density at radius 1 is 0.810 bits per heavy atom. The molecule has 0 bridgehead atoms. The summed E-state index contributed by atoms with van der Waals surface area (Å²) in [6.07, 6.45) is 3.21. The molecule has 0 aromatic heterocycles. The lowest BCUT2D eigenvalue weighted by Crippen LogP contribution is -2.47. The van der Waals surface area contributed by atoms with Crippen molar-refractivity contribution in [2.24, 2.45) is 0 Å². The molecule has 21 heavy (non-hydrogen) atoms. The van der Waals surface area contributed by atoms with Gasteiger partial charge in [-0.15, -0.1) is 0 Å². The first kappa shape index (κ1) is 23.1. The van der Waals surface area contributed by atoms with Crippen LogP contribution in [0.25, 0.3) is 0 Å². The molecule has 0 aliphatic rings. The van der Waals surface area contributed by atoms with E-state index < -0.39 is 10.1 Å². The molecule has 6 heteroatoms. The molecule has 0 aromatic rings. The summed E-state index contributed by atoms with van der Waals surface area (Å²) in [6.45, 7) is 13.9. The van der Waals surface area contributed by atoms with Gasteiger partial charge in [0.25, 0.3) is 0 Å². The Labute approximate surface area is 131 Å². The fraction of sp³-hybridized carbons (Fsp3) is 1.00. The summed E-state index contributed by atoms with van der Waals surface area (Å²) in [5.41, 5.74) is 0. The van der Waals surface area contributed by atoms with E-state index in [4.69, 9.17) is 0 Å². The lowest BCUT2D eigenvalue weighted by atomic mass is 10.2. The highest BCUT2D eigenvalue weighted by atomic mass is 32.2. The largest absolute Gasteiger partial charge is 0.748 e. The van der Waals surface area contributed by atoms with Crippen molar-refractivity contribution >= 4 is 10.1 Å². The number of unbranched alkanes of at least 4 members (excludes halogenated alkanes) is 4. The maximum Gasteiger partial charge on any atom is 0.0945 e. The van der Waals surface area contributed by atoms with Gasteiger partial charge in [-0.3, -0.25) is 4.39 Å². The Morgan fingerprint density at radius 3 is 1.48 bits per heavy atom. The van der Waals surface area contributed by atoms with E-state index in [2.05, 4.69) is 27.7 Å². The number of rotatable bonds is 11. The second kappa shape index (κ2) is 13.5. The Kier molecular flexibility index (Phi) is 14.8. The van der Waals surface area contributed by atoms with Crippen LogP contribution in [0.5, 0.6) is 0 Å². The molecule has 0 saturated heterocycles. The molecular weight excluding hydrogens is 293 g/mol. The first-order valence-electron chi connectivity index (χ1n) is 8.15. The molecule has 0 amide bonds. The van der Waals surface area contributed by atoms with Gasteiger partial charge in [0.2, 0.25) is 0 Å². The molecule has 0 rings (SSSR count). The van der Waals surface area contributed by atoms with E-state index in [1.54, 1.807) is 0 Å². The quantitative estimate of drug-likeness (QED) is 0.332. The van der Waals surface area contributed by atoms with Crippen molar-refractivity contribution in [2.75, 3.05) is 38.6 Å². The smallest absolute Gasteiger partial charge is 0.0945 e. The highest BCUT2D eigenvalue weighted by molar-refractivity contribution is 7.85. The minimum atomic E-state index is -4.04. The van der Waals surface area contributed by atoms with Gasteiger partial charge < -0.3 is 9.04 Å². The molecule has 0 aliphatic carbocycles. The van der Waals surface area contributed by atoms with Gasteiger partial charge in [0.15, 0.2) is 0 Å². The average Bonchev–Trinajstić information content (AvgIpc) is 2.45. The van der Waals surface area contributed by atoms with Crippen molar-refractivity contribution in [1.82, 2.24) is 0 Å². The number of quaternary nitrogens is 1. The lowest BCUT2D eigenvalue weighted by Gasteiger charge is -2.34. The van der Waals surface area contributed by atoms with Gasteiger partial charge in [0.1, 0.15) is 0 Å². The fourth-order valence-corrected chi connectivity index (χ4v) is 2.80. The van der Waals surface area contributed by atoms with Crippen LogP contribution in [0.4, 0.5) is 4.39 Å². The van der Waals surface area contributed by atoms with Crippen LogP contribution in [0, 0.1) is 0 Å². The average molecular weight is 328 g/mol. The van der Waals surface area contributed by atoms with E-state index in [1.165, 1.54) is 30.7 Å². The summed E-state index contributed by atoms with van der Waals surface area (Å²) in [7, 11) is -4.04. The number of alkyl halides is 1. The maximum absolute atomic E-state index is 11.5. The van der Waals surface area contributed by atoms with E-state index in [-0.39, 0.29) is 12.4 Å². The van der Waals surface area contributed by atoms with Crippen LogP contribution < -0.4 is 0 Å². The summed E-state index contributed by atoms with van der Waals surface area (Å²) < 4.78 is 43.1. The second-order valence-corrected chi connectivity index (χ2v) is 6.85. The van der Waals surface area contributed by atoms with Crippen LogP contribution >= 0.6 is 0 Å². The van der Waals surface area contributed by atoms with Crippen LogP contribution in [0.15, 0.2) is 0 Å². The standard InChI is InChI=1S/C8H20N.C7H15FO3S/c1-5-9(6-2,7-3)8-4;8-6-4-2-1-3-5-7-12(9,10)11/h5-8H2,1-4H3;1-7H2,(H,9,10,11)/q+1;/p-1. The summed E-state index contributed by atoms with van der Waals surface area (Å²) in [4.78, 5) is 0. The molecule has 0 atom stereocenters. The maximum atomic E-state index is 11.5. The number of nitrogens with zero attached hydrogens (tertiary/aromatic N) is 1. The number of hydrogen-bond acceptors (Lipinski definition) is 3. The van der Waals surface area contributed by atoms with Crippen molar-refractivity contribution in [3.05, 3.63) is 0 Å². The SMILES string of the molecule is CC[N+](CC)(CC)CC.O=S(=O)([O-])CCCCCCCF. The second-order valence-electron chi connectivity index (χ2n) is 5.33. The first-order chi connectivity index (χ1) is 9.80. The van der Waals surface area contributed by atoms with E-state index in [0.717, 1.165) is 12.8 Å². The third-order valence-electron chi connectivity index (χ3n) is 4.21. The third-order valence-corrected chi connectivity index (χ3v) is 5.00. The van der Waals surface area contributed by atoms with Crippen LogP contribution in [0.3, 0.4) is 0 Å². The van der Waals surface area contributed by atoms with Crippen molar-refractivity contribution in [1.29, 1.82) is 0 Å². The molecule has 0 radical (unpaired) electrons. The van der Waals surface area contributed by atoms with Gasteiger partial charge in [0, 0.05) is 5.75 Å². The molecule has 0 fully saturated rings. The summed E-state index contributed by atoms with van der Waals surface area (Å²) >= 11 is 0. The van der Waals surface area contributed by atoms with Crippen LogP contribution in [-0.2, 0) is 10.1 Å². The normalized spacial score (nSPS) is 11.9. The zero-order valence-corrected chi connectivity index (χ0v) is 15.1. The van der Waals surface area contributed by atoms with Gasteiger partial charge in [-0.05, 0) is 40.5 Å². The fourth-order valence-electron chi connectivity index (χ4n) is 2.25. The van der Waals surface area contributed by atoms with Crippen LogP contribution in [0.2, 0.25) is 0 Å². The number of halogens is 1. The van der Waals surface area contributed by atoms with E-state index in [1.807, 2.05) is 0 Å². The topological polar surface area (TPSA) is 57.2 Å². The Bertz CT molecular complexity index is 299. The minimum Gasteiger partial charge on any atom is -0.748 e. The molecule has 0 saturated carbocycles. The van der Waals surface area contributed by atoms with Crippen molar-refractivity contribution < 1.29 is 21.8 Å². The monoisotopic (exact) mass is 327 g/mol. The molecule has 0 aliphatic heterocycles. The lowest BCUT2D eigenvalue weighted by molar-refractivity contribution is -0.921. The summed E-state index contributed by atoms with van der Waals surface area (Å²) in [6, 6.07) is 0. The summed E-state index contributed by atoms with van der Waals surface area (Å²) in [5, 5.41) is 0. The van der Waals surface area contributed by atoms with E-state index in [9.17, 15) is 17.4 Å².